The van der Waals surface area contributed by atoms with Crippen LogP contribution in [0.25, 0.3) is 0 Å². The van der Waals surface area contributed by atoms with E-state index in [2.05, 4.69) is 15.9 Å². The second kappa shape index (κ2) is 3.66. The van der Waals surface area contributed by atoms with Crippen molar-refractivity contribution in [3.8, 4) is 5.75 Å². The third-order valence-corrected chi connectivity index (χ3v) is 2.70. The van der Waals surface area contributed by atoms with Gasteiger partial charge >= 0.3 is 0 Å². The van der Waals surface area contributed by atoms with Crippen LogP contribution in [0.4, 0.5) is 4.39 Å². The molecule has 70 valence electrons. The lowest BCUT2D eigenvalue weighted by Gasteiger charge is -2.07. The smallest absolute Gasteiger partial charge is 0.169 e. The van der Waals surface area contributed by atoms with Crippen molar-refractivity contribution >= 4 is 15.9 Å². The minimum absolute atomic E-state index is 0.296. The molecular formula is C10H10BrFO. The van der Waals surface area contributed by atoms with E-state index in [1.807, 2.05) is 0 Å². The van der Waals surface area contributed by atoms with Gasteiger partial charge in [-0.2, -0.15) is 0 Å². The zero-order valence-corrected chi connectivity index (χ0v) is 8.68. The van der Waals surface area contributed by atoms with Crippen LogP contribution in [0.1, 0.15) is 12.8 Å². The first-order valence-corrected chi connectivity index (χ1v) is 5.13. The average Bonchev–Trinajstić information content (AvgIpc) is 2.87. The molecule has 1 aliphatic rings. The molecule has 0 unspecified atom stereocenters. The Labute approximate surface area is 85.0 Å². The van der Waals surface area contributed by atoms with Gasteiger partial charge in [0.25, 0.3) is 0 Å². The van der Waals surface area contributed by atoms with E-state index in [1.54, 1.807) is 12.1 Å². The maximum atomic E-state index is 13.2. The maximum absolute atomic E-state index is 13.2. The minimum atomic E-state index is -0.296. The highest BCUT2D eigenvalue weighted by Crippen LogP contribution is 2.32. The molecule has 0 saturated heterocycles. The molecule has 1 aliphatic carbocycles. The predicted octanol–water partition coefficient (Wildman–Crippen LogP) is 3.38. The highest BCUT2D eigenvalue weighted by molar-refractivity contribution is 9.10. The fourth-order valence-electron chi connectivity index (χ4n) is 1.11. The number of ether oxygens (including phenoxy) is 1. The quantitative estimate of drug-likeness (QED) is 0.793. The zero-order valence-electron chi connectivity index (χ0n) is 7.09. The van der Waals surface area contributed by atoms with Crippen molar-refractivity contribution in [1.29, 1.82) is 0 Å². The molecule has 13 heavy (non-hydrogen) atoms. The first kappa shape index (κ1) is 9.00. The first-order chi connectivity index (χ1) is 6.27. The van der Waals surface area contributed by atoms with Gasteiger partial charge in [-0.15, -0.1) is 0 Å². The summed E-state index contributed by atoms with van der Waals surface area (Å²) in [6, 6.07) is 4.85. The molecule has 1 aromatic carbocycles. The van der Waals surface area contributed by atoms with Gasteiger partial charge in [-0.3, -0.25) is 0 Å². The van der Waals surface area contributed by atoms with E-state index < -0.39 is 0 Å². The number of para-hydroxylation sites is 1. The molecule has 1 nitrogen and oxygen atoms in total. The second-order valence-corrected chi connectivity index (χ2v) is 4.16. The Bertz CT molecular complexity index is 290. The van der Waals surface area contributed by atoms with Crippen LogP contribution in [-0.2, 0) is 0 Å². The van der Waals surface area contributed by atoms with E-state index in [0.717, 1.165) is 0 Å². The van der Waals surface area contributed by atoms with Crippen molar-refractivity contribution in [2.45, 2.75) is 12.8 Å². The summed E-state index contributed by atoms with van der Waals surface area (Å²) in [6.45, 7) is 0.638. The monoisotopic (exact) mass is 244 g/mol. The summed E-state index contributed by atoms with van der Waals surface area (Å²) in [6.07, 6.45) is 2.43. The summed E-state index contributed by atoms with van der Waals surface area (Å²) in [5.74, 6) is 0.691. The summed E-state index contributed by atoms with van der Waals surface area (Å²) in [7, 11) is 0. The average molecular weight is 245 g/mol. The molecule has 0 N–H and O–H groups in total. The highest BCUT2D eigenvalue weighted by Gasteiger charge is 2.22. The van der Waals surface area contributed by atoms with Crippen molar-refractivity contribution in [3.63, 3.8) is 0 Å². The SMILES string of the molecule is Fc1cccc(Br)c1OCC1CC1. The van der Waals surface area contributed by atoms with Gasteiger partial charge in [0, 0.05) is 0 Å². The number of benzene rings is 1. The molecule has 1 fully saturated rings. The third-order valence-electron chi connectivity index (χ3n) is 2.08. The lowest BCUT2D eigenvalue weighted by Crippen LogP contribution is -2.01. The van der Waals surface area contributed by atoms with Gasteiger partial charge in [0.05, 0.1) is 11.1 Å². The number of hydrogen-bond acceptors (Lipinski definition) is 1. The van der Waals surface area contributed by atoms with E-state index >= 15 is 0 Å². The van der Waals surface area contributed by atoms with Crippen LogP contribution >= 0.6 is 15.9 Å². The molecular weight excluding hydrogens is 235 g/mol. The Morgan fingerprint density at radius 1 is 1.46 bits per heavy atom. The standard InChI is InChI=1S/C10H10BrFO/c11-8-2-1-3-9(12)10(8)13-6-7-4-5-7/h1-3,7H,4-6H2. The fraction of sp³-hybridized carbons (Fsp3) is 0.400. The van der Waals surface area contributed by atoms with Crippen LogP contribution in [0.15, 0.2) is 22.7 Å². The Hall–Kier alpha value is -0.570. The van der Waals surface area contributed by atoms with Crippen molar-refractivity contribution < 1.29 is 9.13 Å². The van der Waals surface area contributed by atoms with Crippen LogP contribution in [-0.4, -0.2) is 6.61 Å². The molecule has 1 aromatic rings. The van der Waals surface area contributed by atoms with Crippen molar-refractivity contribution in [1.82, 2.24) is 0 Å². The Morgan fingerprint density at radius 3 is 2.85 bits per heavy atom. The Kier molecular flexibility index (Phi) is 2.54. The number of hydrogen-bond donors (Lipinski definition) is 0. The Morgan fingerprint density at radius 2 is 2.23 bits per heavy atom. The summed E-state index contributed by atoms with van der Waals surface area (Å²) < 4.78 is 19.2. The highest BCUT2D eigenvalue weighted by atomic mass is 79.9. The van der Waals surface area contributed by atoms with E-state index in [4.69, 9.17) is 4.74 Å². The van der Waals surface area contributed by atoms with Gasteiger partial charge in [0.15, 0.2) is 11.6 Å². The summed E-state index contributed by atoms with van der Waals surface area (Å²) in [4.78, 5) is 0. The molecule has 0 bridgehead atoms. The Balaban J connectivity index is 2.07. The van der Waals surface area contributed by atoms with Gasteiger partial charge < -0.3 is 4.74 Å². The van der Waals surface area contributed by atoms with E-state index in [-0.39, 0.29) is 5.82 Å². The molecule has 0 aliphatic heterocycles. The maximum Gasteiger partial charge on any atom is 0.169 e. The second-order valence-electron chi connectivity index (χ2n) is 3.31. The van der Waals surface area contributed by atoms with Gasteiger partial charge in [-0.1, -0.05) is 6.07 Å². The van der Waals surface area contributed by atoms with Crippen molar-refractivity contribution in [3.05, 3.63) is 28.5 Å². The van der Waals surface area contributed by atoms with E-state index in [0.29, 0.717) is 22.7 Å². The predicted molar refractivity (Wildman–Crippen MR) is 52.3 cm³/mol. The molecule has 0 atom stereocenters. The van der Waals surface area contributed by atoms with Crippen LogP contribution < -0.4 is 4.74 Å². The van der Waals surface area contributed by atoms with Gasteiger partial charge in [-0.05, 0) is 46.8 Å². The van der Waals surface area contributed by atoms with Crippen molar-refractivity contribution in [2.24, 2.45) is 5.92 Å². The molecule has 0 heterocycles. The van der Waals surface area contributed by atoms with Gasteiger partial charge in [0.2, 0.25) is 0 Å². The van der Waals surface area contributed by atoms with Crippen LogP contribution in [0.2, 0.25) is 0 Å². The van der Waals surface area contributed by atoms with Gasteiger partial charge in [0.1, 0.15) is 0 Å². The summed E-state index contributed by atoms with van der Waals surface area (Å²) in [5.41, 5.74) is 0. The molecule has 0 radical (unpaired) electrons. The molecule has 2 rings (SSSR count). The van der Waals surface area contributed by atoms with Gasteiger partial charge in [-0.25, -0.2) is 4.39 Å². The molecule has 0 spiro atoms. The van der Waals surface area contributed by atoms with Crippen LogP contribution in [0.3, 0.4) is 0 Å². The van der Waals surface area contributed by atoms with E-state index in [1.165, 1.54) is 18.9 Å². The van der Waals surface area contributed by atoms with E-state index in [9.17, 15) is 4.39 Å². The topological polar surface area (TPSA) is 9.23 Å². The minimum Gasteiger partial charge on any atom is -0.489 e. The molecule has 0 aromatic heterocycles. The lowest BCUT2D eigenvalue weighted by molar-refractivity contribution is 0.283. The summed E-state index contributed by atoms with van der Waals surface area (Å²) in [5, 5.41) is 0. The first-order valence-electron chi connectivity index (χ1n) is 4.34. The molecule has 3 heteroatoms. The zero-order chi connectivity index (χ0) is 9.26. The number of halogens is 2. The third kappa shape index (κ3) is 2.21. The van der Waals surface area contributed by atoms with Crippen molar-refractivity contribution in [2.75, 3.05) is 6.61 Å². The van der Waals surface area contributed by atoms with Crippen LogP contribution in [0, 0.1) is 11.7 Å². The fourth-order valence-corrected chi connectivity index (χ4v) is 1.56. The largest absolute Gasteiger partial charge is 0.489 e. The lowest BCUT2D eigenvalue weighted by atomic mass is 10.3. The number of rotatable bonds is 3. The van der Waals surface area contributed by atoms with Crippen LogP contribution in [0.5, 0.6) is 5.75 Å². The molecule has 0 amide bonds. The summed E-state index contributed by atoms with van der Waals surface area (Å²) >= 11 is 3.25. The normalized spacial score (nSPS) is 15.8. The molecule has 1 saturated carbocycles.